The normalized spacial score (nSPS) is 16.1. The molecule has 8 heteroatoms. The molecule has 1 N–H and O–H groups in total. The SMILES string of the molecule is CCCCOc1ccc(/C=C2\SC(=Nc3cc(Cl)ccc3OC)NC2=O)cc1OC. The minimum Gasteiger partial charge on any atom is -0.494 e. The number of carbonyl (C=O) groups is 1. The lowest BCUT2D eigenvalue weighted by Gasteiger charge is -2.11. The minimum absolute atomic E-state index is 0.220. The zero-order chi connectivity index (χ0) is 21.5. The highest BCUT2D eigenvalue weighted by atomic mass is 35.5. The lowest BCUT2D eigenvalue weighted by atomic mass is 10.2. The first kappa shape index (κ1) is 22.1. The molecule has 30 heavy (non-hydrogen) atoms. The molecule has 3 rings (SSSR count). The van der Waals surface area contributed by atoms with Crippen molar-refractivity contribution in [3.05, 3.63) is 51.9 Å². The summed E-state index contributed by atoms with van der Waals surface area (Å²) in [7, 11) is 3.15. The second kappa shape index (κ2) is 10.4. The predicted molar refractivity (Wildman–Crippen MR) is 122 cm³/mol. The molecule has 1 saturated heterocycles. The Labute approximate surface area is 185 Å². The first-order valence-corrected chi connectivity index (χ1v) is 10.7. The minimum atomic E-state index is -0.220. The fourth-order valence-electron chi connectivity index (χ4n) is 2.71. The molecule has 0 atom stereocenters. The highest BCUT2D eigenvalue weighted by molar-refractivity contribution is 8.18. The van der Waals surface area contributed by atoms with Crippen LogP contribution in [-0.4, -0.2) is 31.9 Å². The highest BCUT2D eigenvalue weighted by Crippen LogP contribution is 2.35. The van der Waals surface area contributed by atoms with Gasteiger partial charge in [0.2, 0.25) is 0 Å². The van der Waals surface area contributed by atoms with Crippen LogP contribution in [0.5, 0.6) is 17.2 Å². The number of benzene rings is 2. The van der Waals surface area contributed by atoms with Crippen LogP contribution in [0.25, 0.3) is 6.08 Å². The maximum absolute atomic E-state index is 12.4. The molecule has 0 aliphatic carbocycles. The van der Waals surface area contributed by atoms with E-state index in [1.54, 1.807) is 38.5 Å². The molecule has 0 bridgehead atoms. The van der Waals surface area contributed by atoms with Crippen molar-refractivity contribution in [2.75, 3.05) is 20.8 Å². The van der Waals surface area contributed by atoms with E-state index in [1.165, 1.54) is 11.8 Å². The number of aliphatic imine (C=N–C) groups is 1. The van der Waals surface area contributed by atoms with Crippen LogP contribution in [0.2, 0.25) is 5.02 Å². The second-order valence-electron chi connectivity index (χ2n) is 6.41. The van der Waals surface area contributed by atoms with E-state index in [0.717, 1.165) is 18.4 Å². The number of amidine groups is 1. The van der Waals surface area contributed by atoms with E-state index in [2.05, 4.69) is 17.2 Å². The second-order valence-corrected chi connectivity index (χ2v) is 7.88. The van der Waals surface area contributed by atoms with Gasteiger partial charge in [-0.05, 0) is 60.2 Å². The molecule has 1 amide bonds. The third-order valence-corrected chi connectivity index (χ3v) is 5.40. The van der Waals surface area contributed by atoms with Gasteiger partial charge < -0.3 is 19.5 Å². The van der Waals surface area contributed by atoms with E-state index in [9.17, 15) is 4.79 Å². The van der Waals surface area contributed by atoms with E-state index in [-0.39, 0.29) is 5.91 Å². The van der Waals surface area contributed by atoms with E-state index >= 15 is 0 Å². The molecule has 0 radical (unpaired) electrons. The quantitative estimate of drug-likeness (QED) is 0.432. The number of rotatable bonds is 8. The fourth-order valence-corrected chi connectivity index (χ4v) is 3.71. The van der Waals surface area contributed by atoms with Gasteiger partial charge in [0.05, 0.1) is 25.7 Å². The summed E-state index contributed by atoms with van der Waals surface area (Å²) < 4.78 is 16.5. The summed E-state index contributed by atoms with van der Waals surface area (Å²) in [6.07, 6.45) is 3.82. The summed E-state index contributed by atoms with van der Waals surface area (Å²) in [6.45, 7) is 2.75. The van der Waals surface area contributed by atoms with Crippen molar-refractivity contribution in [2.24, 2.45) is 4.99 Å². The molecule has 158 valence electrons. The highest BCUT2D eigenvalue weighted by Gasteiger charge is 2.24. The average Bonchev–Trinajstić information content (AvgIpc) is 3.07. The van der Waals surface area contributed by atoms with Crippen LogP contribution in [0.15, 0.2) is 46.3 Å². The van der Waals surface area contributed by atoms with Crippen molar-refractivity contribution in [1.82, 2.24) is 5.32 Å². The lowest BCUT2D eigenvalue weighted by Crippen LogP contribution is -2.19. The van der Waals surface area contributed by atoms with Crippen molar-refractivity contribution in [3.8, 4) is 17.2 Å². The fraction of sp³-hybridized carbons (Fsp3) is 0.273. The van der Waals surface area contributed by atoms with Crippen molar-refractivity contribution < 1.29 is 19.0 Å². The van der Waals surface area contributed by atoms with Gasteiger partial charge in [0, 0.05) is 5.02 Å². The Morgan fingerprint density at radius 3 is 2.60 bits per heavy atom. The number of hydrogen-bond acceptors (Lipinski definition) is 6. The molecular weight excluding hydrogens is 424 g/mol. The van der Waals surface area contributed by atoms with E-state index in [4.69, 9.17) is 25.8 Å². The first-order valence-electron chi connectivity index (χ1n) is 9.48. The zero-order valence-corrected chi connectivity index (χ0v) is 18.6. The van der Waals surface area contributed by atoms with Gasteiger partial charge in [-0.25, -0.2) is 4.99 Å². The lowest BCUT2D eigenvalue weighted by molar-refractivity contribution is -0.115. The molecule has 1 aliphatic rings. The molecular formula is C22H23ClN2O4S. The van der Waals surface area contributed by atoms with E-state index in [0.29, 0.717) is 44.6 Å². The van der Waals surface area contributed by atoms with Crippen LogP contribution in [0.1, 0.15) is 25.3 Å². The monoisotopic (exact) mass is 446 g/mol. The molecule has 0 saturated carbocycles. The van der Waals surface area contributed by atoms with Gasteiger partial charge in [-0.15, -0.1) is 0 Å². The maximum atomic E-state index is 12.4. The Bertz CT molecular complexity index is 991. The van der Waals surface area contributed by atoms with Crippen LogP contribution in [0.4, 0.5) is 5.69 Å². The van der Waals surface area contributed by atoms with Crippen molar-refractivity contribution in [3.63, 3.8) is 0 Å². The summed E-state index contributed by atoms with van der Waals surface area (Å²) in [4.78, 5) is 17.4. The van der Waals surface area contributed by atoms with Crippen LogP contribution in [0, 0.1) is 0 Å². The molecule has 2 aromatic carbocycles. The first-order chi connectivity index (χ1) is 14.5. The standard InChI is InChI=1S/C22H23ClN2O4S/c1-4-5-10-29-18-8-6-14(11-19(18)28-3)12-20-21(26)25-22(30-20)24-16-13-15(23)7-9-17(16)27-2/h6-9,11-13H,4-5,10H2,1-3H3,(H,24,25,26)/b20-12-. The number of amides is 1. The Balaban J connectivity index is 1.80. The number of hydrogen-bond donors (Lipinski definition) is 1. The molecule has 0 aromatic heterocycles. The van der Waals surface area contributed by atoms with Gasteiger partial charge in [-0.2, -0.15) is 0 Å². The third-order valence-electron chi connectivity index (χ3n) is 4.25. The van der Waals surface area contributed by atoms with Gasteiger partial charge in [0.15, 0.2) is 16.7 Å². The van der Waals surface area contributed by atoms with Crippen LogP contribution < -0.4 is 19.5 Å². The molecule has 1 fully saturated rings. The maximum Gasteiger partial charge on any atom is 0.264 e. The largest absolute Gasteiger partial charge is 0.494 e. The number of halogens is 1. The summed E-state index contributed by atoms with van der Waals surface area (Å²) in [6, 6.07) is 10.7. The van der Waals surface area contributed by atoms with Gasteiger partial charge >= 0.3 is 0 Å². The average molecular weight is 447 g/mol. The Morgan fingerprint density at radius 1 is 1.10 bits per heavy atom. The Hall–Kier alpha value is -2.64. The Morgan fingerprint density at radius 2 is 1.87 bits per heavy atom. The van der Waals surface area contributed by atoms with Gasteiger partial charge in [0.1, 0.15) is 11.4 Å². The van der Waals surface area contributed by atoms with Crippen LogP contribution >= 0.6 is 23.4 Å². The molecule has 0 unspecified atom stereocenters. The summed E-state index contributed by atoms with van der Waals surface area (Å²) >= 11 is 7.30. The summed E-state index contributed by atoms with van der Waals surface area (Å²) in [5.41, 5.74) is 1.37. The molecule has 6 nitrogen and oxygen atoms in total. The molecule has 1 heterocycles. The zero-order valence-electron chi connectivity index (χ0n) is 17.0. The summed E-state index contributed by atoms with van der Waals surface area (Å²) in [5, 5.41) is 3.76. The number of carbonyl (C=O) groups excluding carboxylic acids is 1. The van der Waals surface area contributed by atoms with E-state index in [1.807, 2.05) is 18.2 Å². The Kier molecular flexibility index (Phi) is 7.65. The number of nitrogens with zero attached hydrogens (tertiary/aromatic N) is 1. The summed E-state index contributed by atoms with van der Waals surface area (Å²) in [5.74, 6) is 1.66. The number of ether oxygens (including phenoxy) is 3. The smallest absolute Gasteiger partial charge is 0.264 e. The number of nitrogens with one attached hydrogen (secondary N) is 1. The van der Waals surface area contributed by atoms with Crippen molar-refractivity contribution in [1.29, 1.82) is 0 Å². The molecule has 0 spiro atoms. The topological polar surface area (TPSA) is 69.2 Å². The van der Waals surface area contributed by atoms with Gasteiger partial charge in [-0.3, -0.25) is 4.79 Å². The molecule has 2 aromatic rings. The molecule has 1 aliphatic heterocycles. The number of methoxy groups -OCH3 is 2. The number of unbranched alkanes of at least 4 members (excludes halogenated alkanes) is 1. The van der Waals surface area contributed by atoms with Crippen molar-refractivity contribution in [2.45, 2.75) is 19.8 Å². The van der Waals surface area contributed by atoms with Gasteiger partial charge in [-0.1, -0.05) is 31.0 Å². The predicted octanol–water partition coefficient (Wildman–Crippen LogP) is 5.43. The number of thioether (sulfide) groups is 1. The van der Waals surface area contributed by atoms with Gasteiger partial charge in [0.25, 0.3) is 5.91 Å². The van der Waals surface area contributed by atoms with E-state index < -0.39 is 0 Å². The van der Waals surface area contributed by atoms with Crippen molar-refractivity contribution >= 4 is 46.2 Å². The van der Waals surface area contributed by atoms with Crippen LogP contribution in [-0.2, 0) is 4.79 Å². The van der Waals surface area contributed by atoms with Crippen LogP contribution in [0.3, 0.4) is 0 Å². The third kappa shape index (κ3) is 5.49.